The van der Waals surface area contributed by atoms with Crippen molar-refractivity contribution in [1.82, 2.24) is 15.1 Å². The Bertz CT molecular complexity index is 878. The Balaban J connectivity index is 1.37. The minimum atomic E-state index is -0.765. The van der Waals surface area contributed by atoms with Crippen LogP contribution in [0.2, 0.25) is 0 Å². The fourth-order valence-corrected chi connectivity index (χ4v) is 5.77. The van der Waals surface area contributed by atoms with Gasteiger partial charge in [0.25, 0.3) is 11.6 Å². The maximum atomic E-state index is 13.3. The highest BCUT2D eigenvalue weighted by atomic mass is 16.6. The molecule has 1 saturated carbocycles. The average Bonchev–Trinajstić information content (AvgIpc) is 2.90. The molecule has 3 aliphatic rings. The number of nitro groups is 1. The van der Waals surface area contributed by atoms with Gasteiger partial charge >= 0.3 is 6.03 Å². The Morgan fingerprint density at radius 3 is 2.32 bits per heavy atom. The van der Waals surface area contributed by atoms with Crippen LogP contribution in [0.25, 0.3) is 0 Å². The van der Waals surface area contributed by atoms with Gasteiger partial charge in [-0.1, -0.05) is 20.8 Å². The van der Waals surface area contributed by atoms with E-state index in [2.05, 4.69) is 35.9 Å². The molecule has 1 spiro atoms. The van der Waals surface area contributed by atoms with Crippen molar-refractivity contribution in [1.29, 1.82) is 0 Å². The molecule has 31 heavy (non-hydrogen) atoms. The number of benzene rings is 1. The van der Waals surface area contributed by atoms with Crippen molar-refractivity contribution >= 4 is 23.3 Å². The van der Waals surface area contributed by atoms with Crippen molar-refractivity contribution in [3.63, 3.8) is 0 Å². The second-order valence-corrected chi connectivity index (χ2v) is 10.1. The number of hydrogen-bond acceptors (Lipinski definition) is 6. The number of carbonyl (C=O) groups excluding carboxylic acids is 2. The summed E-state index contributed by atoms with van der Waals surface area (Å²) in [6.07, 6.45) is 2.44. The predicted molar refractivity (Wildman–Crippen MR) is 117 cm³/mol. The van der Waals surface area contributed by atoms with Crippen LogP contribution in [0.4, 0.5) is 16.2 Å². The van der Waals surface area contributed by atoms with E-state index in [4.69, 9.17) is 0 Å². The summed E-state index contributed by atoms with van der Waals surface area (Å²) in [6, 6.07) is 6.28. The Morgan fingerprint density at radius 2 is 1.74 bits per heavy atom. The highest BCUT2D eigenvalue weighted by Gasteiger charge is 2.56. The zero-order valence-electron chi connectivity index (χ0n) is 18.5. The van der Waals surface area contributed by atoms with Gasteiger partial charge in [-0.05, 0) is 42.7 Å². The fourth-order valence-electron chi connectivity index (χ4n) is 5.77. The van der Waals surface area contributed by atoms with E-state index in [9.17, 15) is 19.7 Å². The Kier molecular flexibility index (Phi) is 5.41. The van der Waals surface area contributed by atoms with Crippen LogP contribution in [0, 0.1) is 21.4 Å². The van der Waals surface area contributed by atoms with Gasteiger partial charge in [-0.15, -0.1) is 0 Å². The van der Waals surface area contributed by atoms with E-state index in [-0.39, 0.29) is 23.0 Å². The number of amides is 3. The molecule has 1 aromatic carbocycles. The highest BCUT2D eigenvalue weighted by molar-refractivity contribution is 6.07. The van der Waals surface area contributed by atoms with Gasteiger partial charge in [0.2, 0.25) is 0 Å². The van der Waals surface area contributed by atoms with Gasteiger partial charge in [0.05, 0.1) is 11.6 Å². The van der Waals surface area contributed by atoms with Crippen LogP contribution in [0.3, 0.4) is 0 Å². The lowest BCUT2D eigenvalue weighted by Gasteiger charge is -2.44. The first-order valence-corrected chi connectivity index (χ1v) is 10.9. The molecule has 2 heterocycles. The molecular weight excluding hydrogens is 398 g/mol. The smallest absolute Gasteiger partial charge is 0.326 e. The molecule has 0 bridgehead atoms. The number of urea groups is 1. The van der Waals surface area contributed by atoms with E-state index in [1.165, 1.54) is 17.0 Å². The molecule has 3 amide bonds. The molecule has 2 unspecified atom stereocenters. The van der Waals surface area contributed by atoms with Crippen LogP contribution in [0.5, 0.6) is 0 Å². The summed E-state index contributed by atoms with van der Waals surface area (Å²) >= 11 is 0. The van der Waals surface area contributed by atoms with Crippen molar-refractivity contribution in [2.24, 2.45) is 11.3 Å². The molecule has 0 aromatic heterocycles. The molecule has 2 saturated heterocycles. The molecule has 3 fully saturated rings. The summed E-state index contributed by atoms with van der Waals surface area (Å²) in [5, 5.41) is 13.9. The standard InChI is InChI=1S/C22H31N5O4/c1-16-12-21(2,3)14-22(13-16)19(28)26(20(29)23-22)15-24-8-10-25(11-9-24)17-4-6-18(7-5-17)27(30)31/h4-7,16H,8-15H2,1-3H3,(H,23,29). The van der Waals surface area contributed by atoms with Crippen molar-refractivity contribution in [2.45, 2.75) is 45.6 Å². The second kappa shape index (κ2) is 7.78. The molecule has 9 nitrogen and oxygen atoms in total. The van der Waals surface area contributed by atoms with Crippen LogP contribution in [-0.2, 0) is 4.79 Å². The van der Waals surface area contributed by atoms with Gasteiger partial charge in [-0.2, -0.15) is 0 Å². The number of hydrogen-bond donors (Lipinski definition) is 1. The zero-order valence-corrected chi connectivity index (χ0v) is 18.5. The Labute approximate surface area is 182 Å². The number of rotatable bonds is 4. The minimum absolute atomic E-state index is 0.0208. The summed E-state index contributed by atoms with van der Waals surface area (Å²) in [5.41, 5.74) is 0.277. The van der Waals surface area contributed by atoms with Gasteiger partial charge in [0.1, 0.15) is 5.54 Å². The molecule has 2 aliphatic heterocycles. The van der Waals surface area contributed by atoms with E-state index in [1.54, 1.807) is 12.1 Å². The van der Waals surface area contributed by atoms with Crippen LogP contribution in [0.15, 0.2) is 24.3 Å². The number of nitrogens with zero attached hydrogens (tertiary/aromatic N) is 4. The summed E-state index contributed by atoms with van der Waals surface area (Å²) in [5.74, 6) is 0.299. The quantitative estimate of drug-likeness (QED) is 0.449. The fraction of sp³-hybridized carbons (Fsp3) is 0.636. The zero-order chi connectivity index (χ0) is 22.4. The van der Waals surface area contributed by atoms with Crippen molar-refractivity contribution < 1.29 is 14.5 Å². The number of piperazine rings is 1. The summed E-state index contributed by atoms with van der Waals surface area (Å²) in [4.78, 5) is 42.2. The number of non-ortho nitro benzene ring substituents is 1. The molecule has 0 radical (unpaired) electrons. The topological polar surface area (TPSA) is 99.0 Å². The van der Waals surface area contributed by atoms with E-state index in [1.807, 2.05) is 0 Å². The van der Waals surface area contributed by atoms with Crippen LogP contribution in [0.1, 0.15) is 40.0 Å². The second-order valence-electron chi connectivity index (χ2n) is 10.1. The van der Waals surface area contributed by atoms with Gasteiger partial charge < -0.3 is 10.2 Å². The third-order valence-corrected chi connectivity index (χ3v) is 6.76. The molecule has 2 atom stereocenters. The maximum Gasteiger partial charge on any atom is 0.326 e. The van der Waals surface area contributed by atoms with Crippen LogP contribution in [-0.4, -0.2) is 65.0 Å². The average molecular weight is 430 g/mol. The van der Waals surface area contributed by atoms with E-state index < -0.39 is 10.5 Å². The monoisotopic (exact) mass is 429 g/mol. The normalized spacial score (nSPS) is 28.8. The summed E-state index contributed by atoms with van der Waals surface area (Å²) in [7, 11) is 0. The Hall–Kier alpha value is -2.68. The van der Waals surface area contributed by atoms with Crippen molar-refractivity contribution in [3.05, 3.63) is 34.4 Å². The number of nitro benzene ring substituents is 1. The lowest BCUT2D eigenvalue weighted by Crippen LogP contribution is -2.55. The molecule has 1 N–H and O–H groups in total. The molecule has 1 aliphatic carbocycles. The van der Waals surface area contributed by atoms with E-state index in [0.29, 0.717) is 38.5 Å². The Morgan fingerprint density at radius 1 is 1.10 bits per heavy atom. The number of nitrogens with one attached hydrogen (secondary N) is 1. The van der Waals surface area contributed by atoms with Gasteiger partial charge in [-0.3, -0.25) is 19.8 Å². The van der Waals surface area contributed by atoms with Gasteiger partial charge in [-0.25, -0.2) is 9.69 Å². The first-order chi connectivity index (χ1) is 14.6. The van der Waals surface area contributed by atoms with Crippen molar-refractivity contribution in [3.8, 4) is 0 Å². The molecule has 1 aromatic rings. The molecule has 9 heteroatoms. The van der Waals surface area contributed by atoms with E-state index in [0.717, 1.165) is 25.2 Å². The third-order valence-electron chi connectivity index (χ3n) is 6.76. The SMILES string of the molecule is CC1CC(C)(C)CC2(C1)NC(=O)N(CN1CCN(c3ccc([N+](=O)[O-])cc3)CC1)C2=O. The highest BCUT2D eigenvalue weighted by Crippen LogP contribution is 2.46. The number of imide groups is 1. The first-order valence-electron chi connectivity index (χ1n) is 10.9. The van der Waals surface area contributed by atoms with E-state index >= 15 is 0 Å². The molecular formula is C22H31N5O4. The minimum Gasteiger partial charge on any atom is -0.369 e. The van der Waals surface area contributed by atoms with Crippen molar-refractivity contribution in [2.75, 3.05) is 37.7 Å². The lowest BCUT2D eigenvalue weighted by molar-refractivity contribution is -0.384. The first kappa shape index (κ1) is 21.5. The number of anilines is 1. The number of carbonyl (C=O) groups is 2. The third kappa shape index (κ3) is 4.23. The van der Waals surface area contributed by atoms with Gasteiger partial charge in [0.15, 0.2) is 0 Å². The van der Waals surface area contributed by atoms with Crippen LogP contribution < -0.4 is 10.2 Å². The van der Waals surface area contributed by atoms with Gasteiger partial charge in [0, 0.05) is 44.0 Å². The maximum absolute atomic E-state index is 13.3. The summed E-state index contributed by atoms with van der Waals surface area (Å²) in [6.45, 7) is 9.69. The molecule has 4 rings (SSSR count). The predicted octanol–water partition coefficient (Wildman–Crippen LogP) is 2.81. The van der Waals surface area contributed by atoms with Crippen LogP contribution >= 0.6 is 0 Å². The summed E-state index contributed by atoms with van der Waals surface area (Å²) < 4.78 is 0. The lowest BCUT2D eigenvalue weighted by atomic mass is 9.64. The largest absolute Gasteiger partial charge is 0.369 e. The molecule has 168 valence electrons.